The number of hydrogen-bond acceptors (Lipinski definition) is 2. The standard InChI is InChI=1S/C15H28N2O/c1-12(2)13-6-9-17(10-13)14(18)15(11-16)7-4-3-5-8-15/h12-13H,3-11,16H2,1-2H3. The van der Waals surface area contributed by atoms with Gasteiger partial charge in [0, 0.05) is 19.6 Å². The number of rotatable bonds is 3. The van der Waals surface area contributed by atoms with Crippen LogP contribution in [0.5, 0.6) is 0 Å². The van der Waals surface area contributed by atoms with Crippen LogP contribution in [0.2, 0.25) is 0 Å². The molecule has 2 aliphatic rings. The Bertz CT molecular complexity index is 295. The SMILES string of the molecule is CC(C)C1CCN(C(=O)C2(CN)CCCCC2)C1. The summed E-state index contributed by atoms with van der Waals surface area (Å²) in [6.45, 7) is 6.96. The molecule has 1 saturated carbocycles. The Balaban J connectivity index is 2.02. The van der Waals surface area contributed by atoms with Crippen molar-refractivity contribution in [2.75, 3.05) is 19.6 Å². The molecule has 1 aliphatic heterocycles. The minimum Gasteiger partial charge on any atom is -0.342 e. The zero-order valence-corrected chi connectivity index (χ0v) is 12.0. The van der Waals surface area contributed by atoms with Crippen molar-refractivity contribution >= 4 is 5.91 Å². The van der Waals surface area contributed by atoms with E-state index in [1.165, 1.54) is 25.7 Å². The third-order valence-corrected chi connectivity index (χ3v) is 5.11. The Kier molecular flexibility index (Phi) is 4.31. The number of carbonyl (C=O) groups excluding carboxylic acids is 1. The van der Waals surface area contributed by atoms with Gasteiger partial charge in [-0.25, -0.2) is 0 Å². The third kappa shape index (κ3) is 2.56. The number of carbonyl (C=O) groups is 1. The summed E-state index contributed by atoms with van der Waals surface area (Å²) in [7, 11) is 0. The minimum absolute atomic E-state index is 0.218. The van der Waals surface area contributed by atoms with Crippen LogP contribution >= 0.6 is 0 Å². The number of hydrogen-bond donors (Lipinski definition) is 1. The predicted octanol–water partition coefficient (Wildman–Crippen LogP) is 2.40. The summed E-state index contributed by atoms with van der Waals surface area (Å²) in [5.74, 6) is 1.73. The van der Waals surface area contributed by atoms with Crippen molar-refractivity contribution in [3.05, 3.63) is 0 Å². The molecular weight excluding hydrogens is 224 g/mol. The van der Waals surface area contributed by atoms with Crippen LogP contribution in [0.15, 0.2) is 0 Å². The molecule has 0 aromatic rings. The number of likely N-dealkylation sites (tertiary alicyclic amines) is 1. The zero-order chi connectivity index (χ0) is 13.2. The van der Waals surface area contributed by atoms with E-state index in [2.05, 4.69) is 18.7 Å². The van der Waals surface area contributed by atoms with Gasteiger partial charge >= 0.3 is 0 Å². The second-order valence-electron chi connectivity index (χ2n) is 6.59. The van der Waals surface area contributed by atoms with Crippen LogP contribution in [-0.2, 0) is 4.79 Å². The molecule has 2 rings (SSSR count). The van der Waals surface area contributed by atoms with Crippen LogP contribution in [0.1, 0.15) is 52.4 Å². The van der Waals surface area contributed by atoms with Crippen molar-refractivity contribution in [3.63, 3.8) is 0 Å². The third-order valence-electron chi connectivity index (χ3n) is 5.11. The molecule has 0 aromatic heterocycles. The van der Waals surface area contributed by atoms with E-state index >= 15 is 0 Å². The van der Waals surface area contributed by atoms with E-state index in [0.29, 0.717) is 24.3 Å². The highest BCUT2D eigenvalue weighted by atomic mass is 16.2. The topological polar surface area (TPSA) is 46.3 Å². The quantitative estimate of drug-likeness (QED) is 0.838. The predicted molar refractivity (Wildman–Crippen MR) is 74.1 cm³/mol. The average Bonchev–Trinajstić information content (AvgIpc) is 2.88. The molecule has 2 fully saturated rings. The molecule has 3 nitrogen and oxygen atoms in total. The first kappa shape index (κ1) is 13.9. The van der Waals surface area contributed by atoms with E-state index in [-0.39, 0.29) is 5.41 Å². The highest BCUT2D eigenvalue weighted by molar-refractivity contribution is 5.83. The fraction of sp³-hybridized carbons (Fsp3) is 0.933. The second kappa shape index (κ2) is 5.60. The maximum absolute atomic E-state index is 12.8. The van der Waals surface area contributed by atoms with Gasteiger partial charge in [0.25, 0.3) is 0 Å². The second-order valence-corrected chi connectivity index (χ2v) is 6.59. The molecular formula is C15H28N2O. The maximum Gasteiger partial charge on any atom is 0.230 e. The molecule has 1 aliphatic carbocycles. The summed E-state index contributed by atoms with van der Waals surface area (Å²) in [6.07, 6.45) is 6.79. The van der Waals surface area contributed by atoms with Gasteiger partial charge in [-0.05, 0) is 31.1 Å². The number of nitrogens with zero attached hydrogens (tertiary/aromatic N) is 1. The zero-order valence-electron chi connectivity index (χ0n) is 12.0. The molecule has 18 heavy (non-hydrogen) atoms. The van der Waals surface area contributed by atoms with Gasteiger partial charge in [0.1, 0.15) is 0 Å². The lowest BCUT2D eigenvalue weighted by Gasteiger charge is -2.38. The lowest BCUT2D eigenvalue weighted by molar-refractivity contribution is -0.142. The van der Waals surface area contributed by atoms with Gasteiger partial charge in [-0.3, -0.25) is 4.79 Å². The highest BCUT2D eigenvalue weighted by Gasteiger charge is 2.42. The van der Waals surface area contributed by atoms with Gasteiger partial charge < -0.3 is 10.6 Å². The maximum atomic E-state index is 12.8. The first-order valence-corrected chi connectivity index (χ1v) is 7.58. The summed E-state index contributed by atoms with van der Waals surface area (Å²) in [4.78, 5) is 14.9. The summed E-state index contributed by atoms with van der Waals surface area (Å²) in [6, 6.07) is 0. The molecule has 2 N–H and O–H groups in total. The fourth-order valence-electron chi connectivity index (χ4n) is 3.59. The smallest absolute Gasteiger partial charge is 0.230 e. The van der Waals surface area contributed by atoms with Crippen LogP contribution in [0.4, 0.5) is 0 Å². The molecule has 1 atom stereocenters. The van der Waals surface area contributed by atoms with Crippen molar-refractivity contribution in [3.8, 4) is 0 Å². The van der Waals surface area contributed by atoms with Gasteiger partial charge in [0.2, 0.25) is 5.91 Å². The van der Waals surface area contributed by atoms with Gasteiger partial charge in [0.15, 0.2) is 0 Å². The van der Waals surface area contributed by atoms with Crippen LogP contribution in [-0.4, -0.2) is 30.4 Å². The van der Waals surface area contributed by atoms with Crippen molar-refractivity contribution < 1.29 is 4.79 Å². The van der Waals surface area contributed by atoms with E-state index in [4.69, 9.17) is 5.73 Å². The summed E-state index contributed by atoms with van der Waals surface area (Å²) in [5.41, 5.74) is 5.74. The van der Waals surface area contributed by atoms with Crippen molar-refractivity contribution in [1.82, 2.24) is 4.90 Å². The Morgan fingerprint density at radius 1 is 1.33 bits per heavy atom. The Hall–Kier alpha value is -0.570. The average molecular weight is 252 g/mol. The first-order valence-electron chi connectivity index (χ1n) is 7.58. The molecule has 104 valence electrons. The molecule has 1 heterocycles. The lowest BCUT2D eigenvalue weighted by Crippen LogP contribution is -2.48. The summed E-state index contributed by atoms with van der Waals surface area (Å²) in [5, 5.41) is 0. The van der Waals surface area contributed by atoms with E-state index in [1.807, 2.05) is 0 Å². The Morgan fingerprint density at radius 2 is 2.00 bits per heavy atom. The molecule has 1 saturated heterocycles. The van der Waals surface area contributed by atoms with Crippen LogP contribution in [0, 0.1) is 17.3 Å². The molecule has 3 heteroatoms. The molecule has 0 radical (unpaired) electrons. The normalized spacial score (nSPS) is 27.8. The van der Waals surface area contributed by atoms with E-state index in [0.717, 1.165) is 25.9 Å². The van der Waals surface area contributed by atoms with Crippen LogP contribution < -0.4 is 5.73 Å². The first-order chi connectivity index (χ1) is 8.59. The molecule has 1 unspecified atom stereocenters. The minimum atomic E-state index is -0.218. The molecule has 0 bridgehead atoms. The lowest BCUT2D eigenvalue weighted by atomic mass is 9.73. The van der Waals surface area contributed by atoms with Crippen molar-refractivity contribution in [1.29, 1.82) is 0 Å². The van der Waals surface area contributed by atoms with E-state index < -0.39 is 0 Å². The molecule has 0 aromatic carbocycles. The fourth-order valence-corrected chi connectivity index (χ4v) is 3.59. The molecule has 1 amide bonds. The highest BCUT2D eigenvalue weighted by Crippen LogP contribution is 2.38. The van der Waals surface area contributed by atoms with Crippen molar-refractivity contribution in [2.24, 2.45) is 23.0 Å². The van der Waals surface area contributed by atoms with Crippen LogP contribution in [0.25, 0.3) is 0 Å². The van der Waals surface area contributed by atoms with Gasteiger partial charge in [0.05, 0.1) is 5.41 Å². The number of amides is 1. The van der Waals surface area contributed by atoms with E-state index in [1.54, 1.807) is 0 Å². The summed E-state index contributed by atoms with van der Waals surface area (Å²) < 4.78 is 0. The summed E-state index contributed by atoms with van der Waals surface area (Å²) >= 11 is 0. The van der Waals surface area contributed by atoms with Gasteiger partial charge in [-0.15, -0.1) is 0 Å². The van der Waals surface area contributed by atoms with Gasteiger partial charge in [-0.1, -0.05) is 33.1 Å². The van der Waals surface area contributed by atoms with Gasteiger partial charge in [-0.2, -0.15) is 0 Å². The monoisotopic (exact) mass is 252 g/mol. The Morgan fingerprint density at radius 3 is 2.50 bits per heavy atom. The van der Waals surface area contributed by atoms with E-state index in [9.17, 15) is 4.79 Å². The molecule has 0 spiro atoms. The largest absolute Gasteiger partial charge is 0.342 e. The Labute approximate surface area is 111 Å². The number of nitrogens with two attached hydrogens (primary N) is 1. The van der Waals surface area contributed by atoms with Crippen molar-refractivity contribution in [2.45, 2.75) is 52.4 Å². The van der Waals surface area contributed by atoms with Crippen LogP contribution in [0.3, 0.4) is 0 Å².